The summed E-state index contributed by atoms with van der Waals surface area (Å²) in [7, 11) is -5.37. The van der Waals surface area contributed by atoms with Gasteiger partial charge in [0.05, 0.1) is 6.61 Å². The molecule has 2 aliphatic rings. The van der Waals surface area contributed by atoms with E-state index in [-0.39, 0.29) is 0 Å². The summed E-state index contributed by atoms with van der Waals surface area (Å²) in [6, 6.07) is 8.03. The van der Waals surface area contributed by atoms with Gasteiger partial charge in [-0.2, -0.15) is 0 Å². The van der Waals surface area contributed by atoms with Crippen molar-refractivity contribution in [2.45, 2.75) is 123 Å². The lowest BCUT2D eigenvalue weighted by molar-refractivity contribution is -0.305. The third-order valence-electron chi connectivity index (χ3n) is 7.59. The number of benzene rings is 1. The number of hydrogen-bond acceptors (Lipinski definition) is 22. The van der Waals surface area contributed by atoms with Gasteiger partial charge in [-0.15, -0.1) is 0 Å². The second kappa shape index (κ2) is 21.7. The van der Waals surface area contributed by atoms with Gasteiger partial charge in [-0.1, -0.05) is 30.3 Å². The van der Waals surface area contributed by atoms with Crippen LogP contribution in [0.4, 0.5) is 0 Å². The molecule has 0 bridgehead atoms. The van der Waals surface area contributed by atoms with Gasteiger partial charge in [0, 0.05) is 55.4 Å². The Morgan fingerprint density at radius 2 is 0.810 bits per heavy atom. The van der Waals surface area contributed by atoms with E-state index in [2.05, 4.69) is 0 Å². The third-order valence-corrected chi connectivity index (χ3v) is 8.97. The monoisotopic (exact) mass is 848 g/mol. The summed E-state index contributed by atoms with van der Waals surface area (Å²) in [4.78, 5) is 97.8. The number of carbonyl (C=O) groups is 8. The first-order valence-corrected chi connectivity index (χ1v) is 18.9. The molecule has 0 aromatic heterocycles. The van der Waals surface area contributed by atoms with Crippen molar-refractivity contribution in [2.24, 2.45) is 0 Å². The average molecular weight is 849 g/mol. The van der Waals surface area contributed by atoms with Crippen molar-refractivity contribution in [2.75, 3.05) is 13.2 Å². The maximum atomic E-state index is 15.0. The Hall–Kier alpha value is -4.99. The molecule has 0 radical (unpaired) electrons. The molecular formula is C35H45O22P. The highest BCUT2D eigenvalue weighted by Gasteiger charge is 2.58. The minimum Gasteiger partial charge on any atom is -0.463 e. The Morgan fingerprint density at radius 3 is 1.14 bits per heavy atom. The lowest BCUT2D eigenvalue weighted by Crippen LogP contribution is -2.63. The predicted molar refractivity (Wildman–Crippen MR) is 185 cm³/mol. The highest BCUT2D eigenvalue weighted by atomic mass is 31.2. The fraction of sp³-hybridized carbons (Fsp3) is 0.600. The molecule has 23 heteroatoms. The first-order valence-electron chi connectivity index (χ1n) is 17.4. The average Bonchev–Trinajstić information content (AvgIpc) is 3.10. The van der Waals surface area contributed by atoms with E-state index in [0.717, 1.165) is 55.4 Å². The van der Waals surface area contributed by atoms with Crippen LogP contribution >= 0.6 is 7.82 Å². The number of hydrogen-bond donors (Lipinski definition) is 0. The Morgan fingerprint density at radius 1 is 0.483 bits per heavy atom. The fourth-order valence-corrected chi connectivity index (χ4v) is 6.94. The molecule has 322 valence electrons. The molecule has 1 aromatic carbocycles. The molecule has 2 saturated heterocycles. The number of phosphoric ester groups is 1. The molecule has 0 amide bonds. The van der Waals surface area contributed by atoms with Crippen molar-refractivity contribution in [3.05, 3.63) is 35.9 Å². The topological polar surface area (TPSA) is 274 Å². The Bertz CT molecular complexity index is 1600. The summed E-state index contributed by atoms with van der Waals surface area (Å²) >= 11 is 0. The van der Waals surface area contributed by atoms with Crippen LogP contribution in [0.3, 0.4) is 0 Å². The maximum absolute atomic E-state index is 15.0. The summed E-state index contributed by atoms with van der Waals surface area (Å²) in [5, 5.41) is 0. The molecule has 0 aliphatic carbocycles. The van der Waals surface area contributed by atoms with Crippen LogP contribution in [-0.2, 0) is 110 Å². The van der Waals surface area contributed by atoms with Gasteiger partial charge in [-0.05, 0) is 5.56 Å². The number of phosphoric acid groups is 1. The number of rotatable bonds is 17. The van der Waals surface area contributed by atoms with Crippen LogP contribution in [0.1, 0.15) is 61.0 Å². The van der Waals surface area contributed by atoms with Crippen LogP contribution in [-0.4, -0.2) is 122 Å². The summed E-state index contributed by atoms with van der Waals surface area (Å²) in [6.45, 7) is 6.04. The highest BCUT2D eigenvalue weighted by molar-refractivity contribution is 7.48. The van der Waals surface area contributed by atoms with Gasteiger partial charge >= 0.3 is 55.6 Å². The molecule has 2 fully saturated rings. The largest absolute Gasteiger partial charge is 0.480 e. The molecule has 0 N–H and O–H groups in total. The van der Waals surface area contributed by atoms with Crippen molar-refractivity contribution < 1.29 is 104 Å². The smallest absolute Gasteiger partial charge is 0.463 e. The Labute approximate surface area is 331 Å². The van der Waals surface area contributed by atoms with Crippen LogP contribution in [0.25, 0.3) is 0 Å². The summed E-state index contributed by atoms with van der Waals surface area (Å²) < 4.78 is 86.9. The van der Waals surface area contributed by atoms with E-state index in [9.17, 15) is 38.4 Å². The van der Waals surface area contributed by atoms with Crippen molar-refractivity contribution in [1.29, 1.82) is 0 Å². The highest BCUT2D eigenvalue weighted by Crippen LogP contribution is 2.55. The SMILES string of the molecule is CC(=O)OC[C@H]1O[C@H](OP(=O)(OCc2ccccc2)O[C@H]2O[C@H](COC(C)=O)[C@@H](OC(C)=O)[C@H](OC(C)=O)[C@@H]2OC(C)=O)[C@@H](OC(C)=O)[C@@H](OC(C)=O)[C@@H]1OC(C)=O. The number of esters is 8. The molecule has 10 atom stereocenters. The summed E-state index contributed by atoms with van der Waals surface area (Å²) in [6.07, 6.45) is -18.1. The van der Waals surface area contributed by atoms with Crippen LogP contribution < -0.4 is 0 Å². The third kappa shape index (κ3) is 14.7. The zero-order valence-corrected chi connectivity index (χ0v) is 33.6. The standard InChI is InChI=1S/C35H45O22P/c1-17(36)45-15-26-28(48-19(3)38)30(50-21(5)40)32(52-23(7)42)34(54-26)56-58(44,47-14-25-12-10-9-11-13-25)57-35-33(53-24(8)43)31(51-22(6)41)29(49-20(4)39)27(55-35)16-46-18(2)37/h9-13,26-35H,14-16H2,1-8H3/t26-,27-,28-,29-,30+,31+,32+,33+,34-,35-/m1/s1. The minimum atomic E-state index is -5.37. The minimum absolute atomic E-state index is 0.387. The van der Waals surface area contributed by atoms with Gasteiger partial charge in [0.15, 0.2) is 36.6 Å². The van der Waals surface area contributed by atoms with Crippen LogP contribution in [0.5, 0.6) is 0 Å². The normalized spacial score (nSPS) is 27.7. The van der Waals surface area contributed by atoms with E-state index in [1.165, 1.54) is 0 Å². The van der Waals surface area contributed by atoms with Crippen LogP contribution in [0.15, 0.2) is 30.3 Å². The van der Waals surface area contributed by atoms with E-state index in [4.69, 9.17) is 60.9 Å². The zero-order chi connectivity index (χ0) is 43.3. The molecule has 1 aromatic rings. The van der Waals surface area contributed by atoms with Crippen LogP contribution in [0.2, 0.25) is 0 Å². The number of ether oxygens (including phenoxy) is 10. The molecule has 3 rings (SSSR count). The van der Waals surface area contributed by atoms with E-state index in [0.29, 0.717) is 5.56 Å². The van der Waals surface area contributed by atoms with E-state index in [1.54, 1.807) is 30.3 Å². The first-order chi connectivity index (χ1) is 27.2. The van der Waals surface area contributed by atoms with E-state index < -0.39 is 137 Å². The fourth-order valence-electron chi connectivity index (χ4n) is 5.62. The Balaban J connectivity index is 2.22. The number of carbonyl (C=O) groups excluding carboxylic acids is 8. The van der Waals surface area contributed by atoms with Gasteiger partial charge in [0.25, 0.3) is 0 Å². The van der Waals surface area contributed by atoms with Crippen molar-refractivity contribution in [3.8, 4) is 0 Å². The molecule has 22 nitrogen and oxygen atoms in total. The van der Waals surface area contributed by atoms with E-state index in [1.807, 2.05) is 0 Å². The first kappa shape index (κ1) is 47.4. The van der Waals surface area contributed by atoms with Crippen molar-refractivity contribution >= 4 is 55.6 Å². The molecular weight excluding hydrogens is 803 g/mol. The van der Waals surface area contributed by atoms with Gasteiger partial charge in [-0.3, -0.25) is 51.9 Å². The summed E-state index contributed by atoms with van der Waals surface area (Å²) in [5.74, 6) is -7.52. The molecule has 2 aliphatic heterocycles. The van der Waals surface area contributed by atoms with Gasteiger partial charge < -0.3 is 47.4 Å². The van der Waals surface area contributed by atoms with Gasteiger partial charge in [0.1, 0.15) is 25.4 Å². The molecule has 0 spiro atoms. The molecule has 58 heavy (non-hydrogen) atoms. The van der Waals surface area contributed by atoms with Gasteiger partial charge in [0.2, 0.25) is 12.6 Å². The lowest BCUT2D eigenvalue weighted by Gasteiger charge is -2.45. The quantitative estimate of drug-likeness (QED) is 0.122. The molecule has 0 saturated carbocycles. The van der Waals surface area contributed by atoms with Crippen LogP contribution in [0, 0.1) is 0 Å². The second-order valence-electron chi connectivity index (χ2n) is 12.6. The Kier molecular flexibility index (Phi) is 17.7. The van der Waals surface area contributed by atoms with Gasteiger partial charge in [-0.25, -0.2) is 4.57 Å². The second-order valence-corrected chi connectivity index (χ2v) is 14.1. The lowest BCUT2D eigenvalue weighted by atomic mass is 9.98. The zero-order valence-electron chi connectivity index (χ0n) is 32.7. The maximum Gasteiger partial charge on any atom is 0.480 e. The van der Waals surface area contributed by atoms with Crippen molar-refractivity contribution in [3.63, 3.8) is 0 Å². The molecule has 2 heterocycles. The molecule has 0 unspecified atom stereocenters. The summed E-state index contributed by atoms with van der Waals surface area (Å²) in [5.41, 5.74) is 0.387. The predicted octanol–water partition coefficient (Wildman–Crippen LogP) is 1.51. The van der Waals surface area contributed by atoms with E-state index >= 15 is 4.57 Å². The van der Waals surface area contributed by atoms with Crippen molar-refractivity contribution in [1.82, 2.24) is 0 Å².